The van der Waals surface area contributed by atoms with Crippen molar-refractivity contribution in [1.29, 1.82) is 0 Å². The van der Waals surface area contributed by atoms with Crippen molar-refractivity contribution in [3.05, 3.63) is 29.8 Å². The van der Waals surface area contributed by atoms with Gasteiger partial charge in [0.15, 0.2) is 0 Å². The molecule has 1 atom stereocenters. The molecule has 1 unspecified atom stereocenters. The third kappa shape index (κ3) is 4.29. The molecule has 0 spiro atoms. The predicted octanol–water partition coefficient (Wildman–Crippen LogP) is 0.208. The van der Waals surface area contributed by atoms with E-state index in [1.807, 2.05) is 6.92 Å². The molecule has 0 saturated carbocycles. The van der Waals surface area contributed by atoms with Crippen LogP contribution in [0, 0.1) is 0 Å². The predicted molar refractivity (Wildman–Crippen MR) is 84.7 cm³/mol. The summed E-state index contributed by atoms with van der Waals surface area (Å²) in [6.07, 6.45) is 0.591. The number of morpholine rings is 1. The summed E-state index contributed by atoms with van der Waals surface area (Å²) < 4.78 is 31.7. The molecule has 1 saturated heterocycles. The second kappa shape index (κ2) is 7.87. The first kappa shape index (κ1) is 17.9. The third-order valence-corrected chi connectivity index (χ3v) is 5.65. The average Bonchev–Trinajstić information content (AvgIpc) is 2.60. The van der Waals surface area contributed by atoms with Crippen LogP contribution in [0.3, 0.4) is 0 Å². The minimum atomic E-state index is -3.63. The van der Waals surface area contributed by atoms with Crippen molar-refractivity contribution in [2.45, 2.75) is 24.3 Å². The lowest BCUT2D eigenvalue weighted by Crippen LogP contribution is -2.40. The average molecular weight is 342 g/mol. The zero-order valence-electron chi connectivity index (χ0n) is 13.1. The molecule has 0 bridgehead atoms. The fourth-order valence-electron chi connectivity index (χ4n) is 2.28. The highest BCUT2D eigenvalue weighted by Crippen LogP contribution is 2.18. The summed E-state index contributed by atoms with van der Waals surface area (Å²) in [6.45, 7) is 3.04. The number of amides is 1. The molecule has 8 heteroatoms. The lowest BCUT2D eigenvalue weighted by atomic mass is 10.2. The van der Waals surface area contributed by atoms with Crippen LogP contribution >= 0.6 is 0 Å². The SMILES string of the molecule is CCC(CO)NC(=O)c1cccc(S(=O)(=O)N2CCOCC2)c1. The number of benzene rings is 1. The molecule has 1 fully saturated rings. The Labute approximate surface area is 136 Å². The number of aliphatic hydroxyl groups excluding tert-OH is 1. The summed E-state index contributed by atoms with van der Waals surface area (Å²) in [5, 5.41) is 11.8. The highest BCUT2D eigenvalue weighted by atomic mass is 32.2. The second-order valence-electron chi connectivity index (χ2n) is 5.31. The molecule has 0 radical (unpaired) electrons. The van der Waals surface area contributed by atoms with E-state index >= 15 is 0 Å². The molecule has 1 aromatic rings. The van der Waals surface area contributed by atoms with Crippen molar-refractivity contribution >= 4 is 15.9 Å². The van der Waals surface area contributed by atoms with Gasteiger partial charge in [-0.3, -0.25) is 4.79 Å². The first-order chi connectivity index (χ1) is 11.0. The molecule has 128 valence electrons. The lowest BCUT2D eigenvalue weighted by molar-refractivity contribution is 0.0730. The summed E-state index contributed by atoms with van der Waals surface area (Å²) in [5.74, 6) is -0.398. The van der Waals surface area contributed by atoms with Crippen LogP contribution in [0.2, 0.25) is 0 Å². The Morgan fingerprint density at radius 3 is 2.70 bits per heavy atom. The number of hydrogen-bond acceptors (Lipinski definition) is 5. The van der Waals surface area contributed by atoms with Crippen LogP contribution < -0.4 is 5.32 Å². The Bertz CT molecular complexity index is 637. The maximum Gasteiger partial charge on any atom is 0.251 e. The Hall–Kier alpha value is -1.48. The molecule has 7 nitrogen and oxygen atoms in total. The number of hydrogen-bond donors (Lipinski definition) is 2. The van der Waals surface area contributed by atoms with E-state index in [1.54, 1.807) is 12.1 Å². The van der Waals surface area contributed by atoms with Gasteiger partial charge in [-0.1, -0.05) is 13.0 Å². The number of ether oxygens (including phenoxy) is 1. The fraction of sp³-hybridized carbons (Fsp3) is 0.533. The normalized spacial score (nSPS) is 17.7. The molecule has 0 aromatic heterocycles. The minimum absolute atomic E-state index is 0.0871. The molecule has 1 aromatic carbocycles. The van der Waals surface area contributed by atoms with Crippen LogP contribution in [0.1, 0.15) is 23.7 Å². The maximum atomic E-state index is 12.6. The van der Waals surface area contributed by atoms with E-state index in [4.69, 9.17) is 9.84 Å². The van der Waals surface area contributed by atoms with Crippen LogP contribution in [-0.2, 0) is 14.8 Å². The van der Waals surface area contributed by atoms with E-state index < -0.39 is 15.9 Å². The van der Waals surface area contributed by atoms with E-state index in [9.17, 15) is 13.2 Å². The molecule has 1 aliphatic heterocycles. The van der Waals surface area contributed by atoms with Gasteiger partial charge in [-0.25, -0.2) is 8.42 Å². The Kier molecular flexibility index (Phi) is 6.11. The van der Waals surface area contributed by atoms with Gasteiger partial charge >= 0.3 is 0 Å². The lowest BCUT2D eigenvalue weighted by Gasteiger charge is -2.26. The Morgan fingerprint density at radius 1 is 1.39 bits per heavy atom. The van der Waals surface area contributed by atoms with Crippen molar-refractivity contribution in [2.24, 2.45) is 0 Å². The maximum absolute atomic E-state index is 12.6. The van der Waals surface area contributed by atoms with Gasteiger partial charge in [0.1, 0.15) is 0 Å². The second-order valence-corrected chi connectivity index (χ2v) is 7.24. The molecule has 0 aliphatic carbocycles. The summed E-state index contributed by atoms with van der Waals surface area (Å²) in [5.41, 5.74) is 0.256. The van der Waals surface area contributed by atoms with Gasteiger partial charge < -0.3 is 15.2 Å². The number of nitrogens with zero attached hydrogens (tertiary/aromatic N) is 1. The van der Waals surface area contributed by atoms with Crippen LogP contribution in [0.25, 0.3) is 0 Å². The van der Waals surface area contributed by atoms with E-state index in [0.29, 0.717) is 32.7 Å². The van der Waals surface area contributed by atoms with Crippen LogP contribution in [0.15, 0.2) is 29.2 Å². The van der Waals surface area contributed by atoms with Crippen molar-refractivity contribution < 1.29 is 23.1 Å². The standard InChI is InChI=1S/C15H22N2O5S/c1-2-13(11-18)16-15(19)12-4-3-5-14(10-12)23(20,21)17-6-8-22-9-7-17/h3-5,10,13,18H,2,6-9,11H2,1H3,(H,16,19). The van der Waals surface area contributed by atoms with Gasteiger partial charge in [0, 0.05) is 18.7 Å². The zero-order chi connectivity index (χ0) is 16.9. The summed E-state index contributed by atoms with van der Waals surface area (Å²) >= 11 is 0. The molecular weight excluding hydrogens is 320 g/mol. The molecule has 1 heterocycles. The van der Waals surface area contributed by atoms with Gasteiger partial charge in [0.05, 0.1) is 30.8 Å². The van der Waals surface area contributed by atoms with E-state index in [-0.39, 0.29) is 23.1 Å². The largest absolute Gasteiger partial charge is 0.394 e. The molecule has 1 amide bonds. The van der Waals surface area contributed by atoms with E-state index in [2.05, 4.69) is 5.32 Å². The number of carbonyl (C=O) groups excluding carboxylic acids is 1. The fourth-order valence-corrected chi connectivity index (χ4v) is 3.73. The minimum Gasteiger partial charge on any atom is -0.394 e. The van der Waals surface area contributed by atoms with Crippen LogP contribution in [0.5, 0.6) is 0 Å². The van der Waals surface area contributed by atoms with Gasteiger partial charge in [0.25, 0.3) is 5.91 Å². The molecule has 23 heavy (non-hydrogen) atoms. The summed E-state index contributed by atoms with van der Waals surface area (Å²) in [6, 6.07) is 5.59. The highest BCUT2D eigenvalue weighted by molar-refractivity contribution is 7.89. The van der Waals surface area contributed by atoms with Gasteiger partial charge in [-0.2, -0.15) is 4.31 Å². The molecule has 1 aliphatic rings. The van der Waals surface area contributed by atoms with Crippen molar-refractivity contribution in [3.8, 4) is 0 Å². The number of nitrogens with one attached hydrogen (secondary N) is 1. The van der Waals surface area contributed by atoms with Gasteiger partial charge in [-0.15, -0.1) is 0 Å². The van der Waals surface area contributed by atoms with E-state index in [1.165, 1.54) is 16.4 Å². The molecule has 2 N–H and O–H groups in total. The van der Waals surface area contributed by atoms with Crippen molar-refractivity contribution in [2.75, 3.05) is 32.9 Å². The van der Waals surface area contributed by atoms with Gasteiger partial charge in [0.2, 0.25) is 10.0 Å². The van der Waals surface area contributed by atoms with Crippen LogP contribution in [0.4, 0.5) is 0 Å². The monoisotopic (exact) mass is 342 g/mol. The third-order valence-electron chi connectivity index (χ3n) is 3.75. The Morgan fingerprint density at radius 2 is 2.09 bits per heavy atom. The number of aliphatic hydroxyl groups is 1. The van der Waals surface area contributed by atoms with Crippen LogP contribution in [-0.4, -0.2) is 62.7 Å². The van der Waals surface area contributed by atoms with E-state index in [0.717, 1.165) is 0 Å². The first-order valence-electron chi connectivity index (χ1n) is 7.58. The number of carbonyl (C=O) groups is 1. The smallest absolute Gasteiger partial charge is 0.251 e. The summed E-state index contributed by atoms with van der Waals surface area (Å²) in [4.78, 5) is 12.3. The van der Waals surface area contributed by atoms with Crippen molar-refractivity contribution in [1.82, 2.24) is 9.62 Å². The van der Waals surface area contributed by atoms with Crippen molar-refractivity contribution in [3.63, 3.8) is 0 Å². The first-order valence-corrected chi connectivity index (χ1v) is 9.02. The van der Waals surface area contributed by atoms with Gasteiger partial charge in [-0.05, 0) is 24.6 Å². The Balaban J connectivity index is 2.20. The zero-order valence-corrected chi connectivity index (χ0v) is 13.9. The quantitative estimate of drug-likeness (QED) is 0.770. The number of sulfonamides is 1. The topological polar surface area (TPSA) is 95.9 Å². The molecular formula is C15H22N2O5S. The summed E-state index contributed by atoms with van der Waals surface area (Å²) in [7, 11) is -3.63. The molecule has 2 rings (SSSR count). The highest BCUT2D eigenvalue weighted by Gasteiger charge is 2.27. The number of rotatable bonds is 6.